The van der Waals surface area contributed by atoms with Gasteiger partial charge in [0.05, 0.1) is 0 Å². The number of aryl methyl sites for hydroxylation is 1. The van der Waals surface area contributed by atoms with Gasteiger partial charge in [0.2, 0.25) is 0 Å². The number of imidazole rings is 1. The van der Waals surface area contributed by atoms with Crippen LogP contribution in [0, 0.1) is 5.41 Å². The SMILES string of the molecule is C=CC1(Cc2nccn2CCCC)C=CC=CC1. The van der Waals surface area contributed by atoms with Gasteiger partial charge in [0.25, 0.3) is 0 Å². The maximum atomic E-state index is 4.51. The van der Waals surface area contributed by atoms with Crippen LogP contribution in [0.1, 0.15) is 32.0 Å². The lowest BCUT2D eigenvalue weighted by Crippen LogP contribution is -2.21. The van der Waals surface area contributed by atoms with Gasteiger partial charge in [0, 0.05) is 30.8 Å². The van der Waals surface area contributed by atoms with Crippen LogP contribution >= 0.6 is 0 Å². The molecule has 2 nitrogen and oxygen atoms in total. The molecule has 1 aromatic heterocycles. The second-order valence-corrected chi connectivity index (χ2v) is 5.00. The third kappa shape index (κ3) is 2.81. The van der Waals surface area contributed by atoms with E-state index in [2.05, 4.69) is 59.6 Å². The van der Waals surface area contributed by atoms with Crippen LogP contribution in [-0.4, -0.2) is 9.55 Å². The molecule has 18 heavy (non-hydrogen) atoms. The zero-order valence-electron chi connectivity index (χ0n) is 11.2. The van der Waals surface area contributed by atoms with Gasteiger partial charge in [0.1, 0.15) is 5.82 Å². The molecule has 0 bridgehead atoms. The predicted molar refractivity (Wildman–Crippen MR) is 76.4 cm³/mol. The normalized spacial score (nSPS) is 22.3. The van der Waals surface area contributed by atoms with E-state index >= 15 is 0 Å². The fraction of sp³-hybridized carbons (Fsp3) is 0.438. The Morgan fingerprint density at radius 2 is 2.39 bits per heavy atom. The van der Waals surface area contributed by atoms with Crippen molar-refractivity contribution >= 4 is 0 Å². The number of unbranched alkanes of at least 4 members (excludes halogenated alkanes) is 1. The summed E-state index contributed by atoms with van der Waals surface area (Å²) < 4.78 is 2.28. The smallest absolute Gasteiger partial charge is 0.109 e. The summed E-state index contributed by atoms with van der Waals surface area (Å²) in [6, 6.07) is 0. The topological polar surface area (TPSA) is 17.8 Å². The standard InChI is InChI=1S/C16H22N2/c1-3-5-12-18-13-11-17-15(18)14-16(4-2)9-7-6-8-10-16/h4,6-9,11,13H,2-3,5,10,12,14H2,1H3. The average Bonchev–Trinajstić information content (AvgIpc) is 2.84. The van der Waals surface area contributed by atoms with Crippen molar-refractivity contribution in [1.29, 1.82) is 0 Å². The molecule has 1 aliphatic carbocycles. The molecular weight excluding hydrogens is 220 g/mol. The molecule has 1 atom stereocenters. The molecule has 0 radical (unpaired) electrons. The Bertz CT molecular complexity index is 453. The monoisotopic (exact) mass is 242 g/mol. The first-order chi connectivity index (χ1) is 8.79. The first-order valence-corrected chi connectivity index (χ1v) is 6.77. The van der Waals surface area contributed by atoms with Crippen LogP contribution in [0.5, 0.6) is 0 Å². The van der Waals surface area contributed by atoms with E-state index in [-0.39, 0.29) is 5.41 Å². The van der Waals surface area contributed by atoms with Crippen molar-refractivity contribution in [3.63, 3.8) is 0 Å². The molecule has 1 aliphatic rings. The Labute approximate surface area is 110 Å². The molecular formula is C16H22N2. The predicted octanol–water partition coefficient (Wildman–Crippen LogP) is 3.91. The fourth-order valence-corrected chi connectivity index (χ4v) is 2.37. The van der Waals surface area contributed by atoms with E-state index in [1.807, 2.05) is 6.20 Å². The molecule has 0 spiro atoms. The number of aromatic nitrogens is 2. The summed E-state index contributed by atoms with van der Waals surface area (Å²) in [6.45, 7) is 7.29. The van der Waals surface area contributed by atoms with Crippen LogP contribution in [0.25, 0.3) is 0 Å². The second kappa shape index (κ2) is 5.85. The molecule has 0 N–H and O–H groups in total. The van der Waals surface area contributed by atoms with Crippen LogP contribution in [0.3, 0.4) is 0 Å². The molecule has 0 fully saturated rings. The van der Waals surface area contributed by atoms with Gasteiger partial charge in [-0.25, -0.2) is 4.98 Å². The summed E-state index contributed by atoms with van der Waals surface area (Å²) >= 11 is 0. The van der Waals surface area contributed by atoms with Crippen LogP contribution in [0.15, 0.2) is 49.4 Å². The Morgan fingerprint density at radius 1 is 1.50 bits per heavy atom. The molecule has 0 aliphatic heterocycles. The van der Waals surface area contributed by atoms with E-state index in [1.165, 1.54) is 18.7 Å². The summed E-state index contributed by atoms with van der Waals surface area (Å²) in [6.07, 6.45) is 19.1. The molecule has 1 unspecified atom stereocenters. The number of allylic oxidation sites excluding steroid dienone is 5. The van der Waals surface area contributed by atoms with Crippen molar-refractivity contribution in [1.82, 2.24) is 9.55 Å². The third-order valence-electron chi connectivity index (χ3n) is 3.62. The highest BCUT2D eigenvalue weighted by Gasteiger charge is 2.25. The van der Waals surface area contributed by atoms with Crippen molar-refractivity contribution in [3.8, 4) is 0 Å². The van der Waals surface area contributed by atoms with Crippen molar-refractivity contribution in [2.24, 2.45) is 5.41 Å². The summed E-state index contributed by atoms with van der Waals surface area (Å²) in [5, 5.41) is 0. The zero-order chi connectivity index (χ0) is 12.8. The minimum Gasteiger partial charge on any atom is -0.335 e. The maximum Gasteiger partial charge on any atom is 0.109 e. The molecule has 0 saturated carbocycles. The number of nitrogens with zero attached hydrogens (tertiary/aromatic N) is 2. The van der Waals surface area contributed by atoms with Crippen molar-refractivity contribution in [2.45, 2.75) is 39.2 Å². The lowest BCUT2D eigenvalue weighted by molar-refractivity contribution is 0.460. The van der Waals surface area contributed by atoms with Gasteiger partial charge in [-0.2, -0.15) is 0 Å². The lowest BCUT2D eigenvalue weighted by atomic mass is 9.78. The highest BCUT2D eigenvalue weighted by atomic mass is 15.1. The van der Waals surface area contributed by atoms with Crippen molar-refractivity contribution in [3.05, 3.63) is 55.2 Å². The minimum atomic E-state index is 0.0457. The molecule has 1 aromatic rings. The maximum absolute atomic E-state index is 4.51. The van der Waals surface area contributed by atoms with Gasteiger partial charge in [0.15, 0.2) is 0 Å². The van der Waals surface area contributed by atoms with Crippen molar-refractivity contribution in [2.75, 3.05) is 0 Å². The first-order valence-electron chi connectivity index (χ1n) is 6.77. The minimum absolute atomic E-state index is 0.0457. The van der Waals surface area contributed by atoms with Crippen molar-refractivity contribution < 1.29 is 0 Å². The molecule has 0 saturated heterocycles. The highest BCUT2D eigenvalue weighted by molar-refractivity contribution is 5.23. The Morgan fingerprint density at radius 3 is 3.06 bits per heavy atom. The summed E-state index contributed by atoms with van der Waals surface area (Å²) in [5.74, 6) is 1.17. The van der Waals surface area contributed by atoms with E-state index in [1.54, 1.807) is 0 Å². The van der Waals surface area contributed by atoms with Crippen LogP contribution in [0.4, 0.5) is 0 Å². The Balaban J connectivity index is 2.12. The summed E-state index contributed by atoms with van der Waals surface area (Å²) in [4.78, 5) is 4.51. The number of rotatable bonds is 6. The zero-order valence-corrected chi connectivity index (χ0v) is 11.2. The Kier molecular flexibility index (Phi) is 4.19. The summed E-state index contributed by atoms with van der Waals surface area (Å²) in [7, 11) is 0. The molecule has 0 aromatic carbocycles. The quantitative estimate of drug-likeness (QED) is 0.691. The van der Waals surface area contributed by atoms with E-state index in [0.717, 1.165) is 19.4 Å². The molecule has 1 heterocycles. The largest absolute Gasteiger partial charge is 0.335 e. The average molecular weight is 242 g/mol. The molecule has 2 rings (SSSR count). The Hall–Kier alpha value is -1.57. The van der Waals surface area contributed by atoms with E-state index in [9.17, 15) is 0 Å². The van der Waals surface area contributed by atoms with Gasteiger partial charge in [-0.1, -0.05) is 43.7 Å². The second-order valence-electron chi connectivity index (χ2n) is 5.00. The van der Waals surface area contributed by atoms with E-state index < -0.39 is 0 Å². The summed E-state index contributed by atoms with van der Waals surface area (Å²) in [5.41, 5.74) is 0.0457. The van der Waals surface area contributed by atoms with Crippen LogP contribution < -0.4 is 0 Å². The first kappa shape index (κ1) is 12.9. The van der Waals surface area contributed by atoms with E-state index in [4.69, 9.17) is 0 Å². The van der Waals surface area contributed by atoms with Gasteiger partial charge < -0.3 is 4.57 Å². The van der Waals surface area contributed by atoms with Crippen LogP contribution in [-0.2, 0) is 13.0 Å². The third-order valence-corrected chi connectivity index (χ3v) is 3.62. The fourth-order valence-electron chi connectivity index (χ4n) is 2.37. The van der Waals surface area contributed by atoms with Gasteiger partial charge >= 0.3 is 0 Å². The van der Waals surface area contributed by atoms with Crippen LogP contribution in [0.2, 0.25) is 0 Å². The van der Waals surface area contributed by atoms with E-state index in [0.29, 0.717) is 0 Å². The van der Waals surface area contributed by atoms with Gasteiger partial charge in [-0.05, 0) is 12.8 Å². The molecule has 0 amide bonds. The van der Waals surface area contributed by atoms with Gasteiger partial charge in [-0.15, -0.1) is 6.58 Å². The highest BCUT2D eigenvalue weighted by Crippen LogP contribution is 2.32. The van der Waals surface area contributed by atoms with Gasteiger partial charge in [-0.3, -0.25) is 0 Å². The number of hydrogen-bond acceptors (Lipinski definition) is 1. The molecule has 2 heteroatoms. The number of hydrogen-bond donors (Lipinski definition) is 0. The lowest BCUT2D eigenvalue weighted by Gasteiger charge is -2.27. The molecule has 96 valence electrons.